The van der Waals surface area contributed by atoms with Gasteiger partial charge in [-0.25, -0.2) is 0 Å². The molecule has 48 heavy (non-hydrogen) atoms. The normalized spacial score (nSPS) is 15.5. The van der Waals surface area contributed by atoms with Crippen LogP contribution in [0.4, 0.5) is 0 Å². The summed E-state index contributed by atoms with van der Waals surface area (Å²) in [7, 11) is 0. The summed E-state index contributed by atoms with van der Waals surface area (Å²) < 4.78 is 19.6. The number of aliphatic hydroxyl groups excluding tert-OH is 1. The van der Waals surface area contributed by atoms with E-state index >= 15 is 0 Å². The van der Waals surface area contributed by atoms with E-state index < -0.39 is 19.8 Å². The van der Waals surface area contributed by atoms with Crippen LogP contribution >= 0.6 is 0 Å². The predicted octanol–water partition coefficient (Wildman–Crippen LogP) is 6.75. The van der Waals surface area contributed by atoms with Gasteiger partial charge in [-0.15, -0.1) is 0 Å². The molecule has 4 nitrogen and oxygen atoms in total. The van der Waals surface area contributed by atoms with Crippen LogP contribution in [0.5, 0.6) is 0 Å². The van der Waals surface area contributed by atoms with Gasteiger partial charge in [0, 0.05) is 0 Å². The summed E-state index contributed by atoms with van der Waals surface area (Å²) in [6.45, 7) is 20.5. The molecule has 0 aromatic heterocycles. The van der Waals surface area contributed by atoms with Gasteiger partial charge in [0.2, 0.25) is 0 Å². The van der Waals surface area contributed by atoms with Crippen LogP contribution in [0.1, 0.15) is 34.6 Å². The number of rotatable bonds is 3. The van der Waals surface area contributed by atoms with Crippen LogP contribution in [0.25, 0.3) is 0 Å². The van der Waals surface area contributed by atoms with E-state index in [1.807, 2.05) is 64.2 Å². The Balaban J connectivity index is -0.000000588. The summed E-state index contributed by atoms with van der Waals surface area (Å²) in [5.41, 5.74) is 0. The Bertz CT molecular complexity index is 985. The van der Waals surface area contributed by atoms with Gasteiger partial charge in [-0.1, -0.05) is 41.1 Å². The van der Waals surface area contributed by atoms with Gasteiger partial charge in [-0.2, -0.15) is 0 Å². The molecule has 0 spiro atoms. The van der Waals surface area contributed by atoms with Crippen LogP contribution < -0.4 is 10.7 Å². The zero-order chi connectivity index (χ0) is 34.6. The van der Waals surface area contributed by atoms with Crippen molar-refractivity contribution in [1.82, 2.24) is 0 Å². The molecule has 7 heteroatoms. The van der Waals surface area contributed by atoms with Gasteiger partial charge in [0.15, 0.2) is 0 Å². The quantitative estimate of drug-likeness (QED) is 0.180. The van der Waals surface area contributed by atoms with Gasteiger partial charge in [0.1, 0.15) is 0 Å². The predicted molar refractivity (Wildman–Crippen MR) is 188 cm³/mol. The summed E-state index contributed by atoms with van der Waals surface area (Å²) in [5, 5.41) is 6.76. The molecule has 3 saturated carbocycles. The Morgan fingerprint density at radius 3 is 0.750 bits per heavy atom. The summed E-state index contributed by atoms with van der Waals surface area (Å²) in [4.78, 5) is 8.24. The van der Waals surface area contributed by atoms with Crippen molar-refractivity contribution in [3.05, 3.63) is 198 Å². The molecule has 0 amide bonds. The van der Waals surface area contributed by atoms with Crippen LogP contribution in [0.15, 0.2) is 91.0 Å². The Morgan fingerprint density at radius 1 is 0.458 bits per heavy atom. The zero-order valence-electron chi connectivity index (χ0n) is 28.0. The summed E-state index contributed by atoms with van der Waals surface area (Å²) in [5.74, 6) is 7.34. The van der Waals surface area contributed by atoms with Gasteiger partial charge in [0.05, 0.1) is 0 Å². The van der Waals surface area contributed by atoms with E-state index in [4.69, 9.17) is 19.2 Å². The molecule has 0 aliphatic heterocycles. The van der Waals surface area contributed by atoms with Crippen molar-refractivity contribution < 1.29 is 64.9 Å². The molecule has 0 atom stereocenters. The van der Waals surface area contributed by atoms with Crippen LogP contribution in [0.3, 0.4) is 0 Å². The van der Waals surface area contributed by atoms with Crippen molar-refractivity contribution in [3.63, 3.8) is 0 Å². The third-order valence-corrected chi connectivity index (χ3v) is 14.9. The fraction of sp³-hybridized carbons (Fsp3) is 0.122. The molecule has 0 unspecified atom stereocenters. The van der Waals surface area contributed by atoms with Crippen molar-refractivity contribution in [1.29, 1.82) is 0 Å². The maximum absolute atomic E-state index is 8.24. The minimum absolute atomic E-state index is 0. The molecule has 6 rings (SSSR count). The Morgan fingerprint density at radius 2 is 0.604 bits per heavy atom. The van der Waals surface area contributed by atoms with Gasteiger partial charge in [-0.3, -0.25) is 0 Å². The van der Waals surface area contributed by atoms with Crippen LogP contribution in [-0.4, -0.2) is 31.3 Å². The van der Waals surface area contributed by atoms with E-state index in [1.165, 1.54) is 40.3 Å². The first-order chi connectivity index (χ1) is 22.4. The molecule has 0 bridgehead atoms. The molecule has 3 fully saturated rings. The Labute approximate surface area is 331 Å². The van der Waals surface area contributed by atoms with Gasteiger partial charge < -0.3 is 9.90 Å². The molecule has 3 aliphatic carbocycles. The van der Waals surface area contributed by atoms with Crippen molar-refractivity contribution in [2.75, 3.05) is 0 Å². The van der Waals surface area contributed by atoms with Crippen molar-refractivity contribution in [2.24, 2.45) is 0 Å². The fourth-order valence-electron chi connectivity index (χ4n) is 4.36. The van der Waals surface area contributed by atoms with E-state index in [2.05, 4.69) is 139 Å². The van der Waals surface area contributed by atoms with Crippen LogP contribution in [0, 0.1) is 107 Å². The second-order valence-electron chi connectivity index (χ2n) is 9.61. The first-order valence-electron chi connectivity index (χ1n) is 14.4. The average molecular weight is 909 g/mol. The Kier molecular flexibility index (Phi) is 36.7. The third-order valence-electron chi connectivity index (χ3n) is 7.11. The molecular weight excluding hydrogens is 867 g/mol. The SMILES string of the molecule is C[C]1[C](C)[C](C)[C](C)[C]1C.O=[C-]O.[C-]#[O+].[C-]#[O+].[CH]1[CH][CH][CH][CH]1.[CH]1[CH][CH][CH][CH]1.[Ru+2].[Zr+2].c1cc[c]([Sn]([c]2ccccc2)[c]2ccccc2)cc1. The van der Waals surface area contributed by atoms with E-state index in [1.54, 1.807) is 0 Å². The third kappa shape index (κ3) is 20.6. The van der Waals surface area contributed by atoms with Gasteiger partial charge >= 0.3 is 190 Å². The number of benzene rings is 3. The van der Waals surface area contributed by atoms with Crippen molar-refractivity contribution in [3.8, 4) is 0 Å². The average Bonchev–Trinajstić information content (AvgIpc) is 3.93. The molecule has 1 N–H and O–H groups in total. The fourth-order valence-corrected chi connectivity index (χ4v) is 11.7. The van der Waals surface area contributed by atoms with Gasteiger partial charge in [0.25, 0.3) is 0 Å². The summed E-state index contributed by atoms with van der Waals surface area (Å²) in [6.07, 6.45) is 20.0. The maximum atomic E-state index is 8.24. The molecule has 242 valence electrons. The minimum atomic E-state index is -1.98. The topological polar surface area (TPSA) is 77.1 Å². The van der Waals surface area contributed by atoms with Crippen LogP contribution in [0.2, 0.25) is 0 Å². The molecular formula is C41H41O4RuSnZr+3. The van der Waals surface area contributed by atoms with E-state index in [-0.39, 0.29) is 45.7 Å². The standard InChI is InChI=1S/C10H15.3C6H5.2C5H5.CHO2.2CO.Ru.Sn.Zr/c1-6-7(2)9(4)10(5)8(6)3;3*1-2-4-6-5-3-1;2*1-2-4-5-3-1;2-1-3;2*1-2;;;/h1-5H3;3*1-5H;2*1-5H;(H,2,3);;;;;/q;;;;;;-1;;;+2;;+2. The first-order valence-corrected chi connectivity index (χ1v) is 18.7. The monoisotopic (exact) mass is 909 g/mol. The molecule has 3 aliphatic rings. The van der Waals surface area contributed by atoms with E-state index in [0.29, 0.717) is 6.47 Å². The zero-order valence-corrected chi connectivity index (χ0v) is 35.0. The first kappa shape index (κ1) is 51.3. The van der Waals surface area contributed by atoms with Gasteiger partial charge in [-0.05, 0) is 93.8 Å². The second kappa shape index (κ2) is 34.4. The summed E-state index contributed by atoms with van der Waals surface area (Å²) in [6, 6.07) is 32.9. The molecule has 3 aromatic carbocycles. The number of hydrogen-bond acceptors (Lipinski definition) is 1. The van der Waals surface area contributed by atoms with E-state index in [0.717, 1.165) is 0 Å². The van der Waals surface area contributed by atoms with Crippen LogP contribution in [-0.2, 0) is 59.8 Å². The molecule has 0 heterocycles. The van der Waals surface area contributed by atoms with Crippen molar-refractivity contribution in [2.45, 2.75) is 34.6 Å². The summed E-state index contributed by atoms with van der Waals surface area (Å²) >= 11 is -1.98. The second-order valence-corrected chi connectivity index (χ2v) is 16.7. The van der Waals surface area contributed by atoms with Crippen molar-refractivity contribution >= 4 is 37.0 Å². The number of hydrogen-bond donors (Lipinski definition) is 1. The Hall–Kier alpha value is -1.08. The molecule has 0 saturated heterocycles. The molecule has 16 radical (unpaired) electrons. The molecule has 3 aromatic rings. The van der Waals surface area contributed by atoms with E-state index in [9.17, 15) is 0 Å².